The molecule has 0 atom stereocenters. The summed E-state index contributed by atoms with van der Waals surface area (Å²) in [6, 6.07) is 21.3. The van der Waals surface area contributed by atoms with Crippen LogP contribution in [0.2, 0.25) is 10.0 Å². The van der Waals surface area contributed by atoms with Crippen molar-refractivity contribution in [2.75, 3.05) is 12.4 Å². The van der Waals surface area contributed by atoms with Crippen LogP contribution in [0.5, 0.6) is 5.75 Å². The molecule has 4 rings (SSSR count). The minimum absolute atomic E-state index is 0.0238. The normalized spacial score (nSPS) is 10.6. The van der Waals surface area contributed by atoms with Crippen molar-refractivity contribution in [1.29, 1.82) is 0 Å². The van der Waals surface area contributed by atoms with Crippen LogP contribution in [-0.4, -0.2) is 27.8 Å². The molecule has 6 nitrogen and oxygen atoms in total. The zero-order valence-corrected chi connectivity index (χ0v) is 17.4. The van der Waals surface area contributed by atoms with Crippen molar-refractivity contribution in [1.82, 2.24) is 14.8 Å². The maximum absolute atomic E-state index is 12.8. The average Bonchev–Trinajstić information content (AvgIpc) is 3.21. The van der Waals surface area contributed by atoms with Crippen LogP contribution < -0.4 is 10.1 Å². The fourth-order valence-electron chi connectivity index (χ4n) is 2.85. The molecule has 3 aromatic carbocycles. The molecule has 8 heteroatoms. The number of ether oxygens (including phenoxy) is 1. The predicted molar refractivity (Wildman–Crippen MR) is 118 cm³/mol. The number of benzene rings is 3. The van der Waals surface area contributed by atoms with E-state index in [1.807, 2.05) is 36.4 Å². The molecule has 4 aromatic rings. The molecule has 0 unspecified atom stereocenters. The van der Waals surface area contributed by atoms with Gasteiger partial charge in [-0.05, 0) is 60.7 Å². The number of aromatic nitrogens is 3. The maximum Gasteiger partial charge on any atom is 0.295 e. The van der Waals surface area contributed by atoms with Gasteiger partial charge in [-0.3, -0.25) is 4.79 Å². The van der Waals surface area contributed by atoms with Crippen LogP contribution >= 0.6 is 23.2 Å². The molecule has 1 amide bonds. The van der Waals surface area contributed by atoms with Gasteiger partial charge in [-0.25, -0.2) is 9.67 Å². The Labute approximate surface area is 183 Å². The Morgan fingerprint density at radius 2 is 1.70 bits per heavy atom. The molecular weight excluding hydrogens is 423 g/mol. The van der Waals surface area contributed by atoms with Crippen LogP contribution in [0.25, 0.3) is 17.1 Å². The third kappa shape index (κ3) is 4.30. The summed E-state index contributed by atoms with van der Waals surface area (Å²) in [6.07, 6.45) is 0. The summed E-state index contributed by atoms with van der Waals surface area (Å²) >= 11 is 12.1. The van der Waals surface area contributed by atoms with E-state index < -0.39 is 5.91 Å². The van der Waals surface area contributed by atoms with Crippen molar-refractivity contribution in [2.24, 2.45) is 0 Å². The molecule has 150 valence electrons. The van der Waals surface area contributed by atoms with Gasteiger partial charge in [0.2, 0.25) is 5.82 Å². The van der Waals surface area contributed by atoms with Crippen molar-refractivity contribution in [3.8, 4) is 22.8 Å². The van der Waals surface area contributed by atoms with Crippen molar-refractivity contribution < 1.29 is 9.53 Å². The number of carbonyl (C=O) groups is 1. The molecule has 30 heavy (non-hydrogen) atoms. The fraction of sp³-hybridized carbons (Fsp3) is 0.0455. The molecule has 0 aliphatic heterocycles. The molecule has 0 aliphatic carbocycles. The molecule has 1 N–H and O–H groups in total. The second-order valence-corrected chi connectivity index (χ2v) is 7.21. The number of hydrogen-bond acceptors (Lipinski definition) is 4. The highest BCUT2D eigenvalue weighted by atomic mass is 35.5. The number of anilines is 1. The summed E-state index contributed by atoms with van der Waals surface area (Å²) < 4.78 is 6.82. The minimum Gasteiger partial charge on any atom is -0.497 e. The third-order valence-electron chi connectivity index (χ3n) is 4.31. The van der Waals surface area contributed by atoms with Gasteiger partial charge in [0.05, 0.1) is 12.8 Å². The Bertz CT molecular complexity index is 1190. The summed E-state index contributed by atoms with van der Waals surface area (Å²) in [4.78, 5) is 17.2. The third-order valence-corrected chi connectivity index (χ3v) is 4.80. The minimum atomic E-state index is -0.437. The summed E-state index contributed by atoms with van der Waals surface area (Å²) in [6.45, 7) is 0. The summed E-state index contributed by atoms with van der Waals surface area (Å²) in [5, 5.41) is 8.36. The first-order valence-corrected chi connectivity index (χ1v) is 9.73. The highest BCUT2D eigenvalue weighted by Crippen LogP contribution is 2.25. The van der Waals surface area contributed by atoms with Crippen LogP contribution in [0.4, 0.5) is 5.69 Å². The van der Waals surface area contributed by atoms with Crippen molar-refractivity contribution in [3.05, 3.63) is 88.7 Å². The maximum atomic E-state index is 12.8. The lowest BCUT2D eigenvalue weighted by atomic mass is 10.2. The van der Waals surface area contributed by atoms with E-state index in [1.165, 1.54) is 0 Å². The van der Waals surface area contributed by atoms with Gasteiger partial charge in [0.25, 0.3) is 5.91 Å². The first-order valence-electron chi connectivity index (χ1n) is 8.98. The first kappa shape index (κ1) is 19.9. The monoisotopic (exact) mass is 438 g/mol. The van der Waals surface area contributed by atoms with E-state index in [0.717, 1.165) is 11.3 Å². The smallest absolute Gasteiger partial charge is 0.295 e. The molecule has 0 saturated carbocycles. The van der Waals surface area contributed by atoms with Crippen LogP contribution in [0.15, 0.2) is 72.8 Å². The molecule has 1 aromatic heterocycles. The number of rotatable bonds is 5. The van der Waals surface area contributed by atoms with E-state index in [9.17, 15) is 4.79 Å². The van der Waals surface area contributed by atoms with Crippen LogP contribution in [-0.2, 0) is 0 Å². The number of carbonyl (C=O) groups excluding carboxylic acids is 1. The Balaban J connectivity index is 1.74. The number of hydrogen-bond donors (Lipinski definition) is 1. The second kappa shape index (κ2) is 8.57. The molecular formula is C22H16Cl2N4O2. The molecule has 0 saturated heterocycles. The van der Waals surface area contributed by atoms with Crippen LogP contribution in [0.3, 0.4) is 0 Å². The topological polar surface area (TPSA) is 69.0 Å². The zero-order chi connectivity index (χ0) is 21.1. The number of halogens is 2. The zero-order valence-electron chi connectivity index (χ0n) is 15.8. The van der Waals surface area contributed by atoms with E-state index in [1.54, 1.807) is 48.2 Å². The second-order valence-electron chi connectivity index (χ2n) is 6.34. The first-order chi connectivity index (χ1) is 14.5. The number of nitrogens with one attached hydrogen (secondary N) is 1. The Kier molecular flexibility index (Phi) is 5.70. The van der Waals surface area contributed by atoms with Crippen molar-refractivity contribution in [3.63, 3.8) is 0 Å². The molecule has 1 heterocycles. The summed E-state index contributed by atoms with van der Waals surface area (Å²) in [5.41, 5.74) is 2.05. The predicted octanol–water partition coefficient (Wildman–Crippen LogP) is 5.50. The van der Waals surface area contributed by atoms with Gasteiger partial charge in [-0.15, -0.1) is 5.10 Å². The number of amides is 1. The van der Waals surface area contributed by atoms with Gasteiger partial charge in [0.15, 0.2) is 5.82 Å². The van der Waals surface area contributed by atoms with E-state index in [-0.39, 0.29) is 5.82 Å². The lowest BCUT2D eigenvalue weighted by Gasteiger charge is -2.07. The molecule has 0 radical (unpaired) electrons. The number of nitrogens with zero attached hydrogens (tertiary/aromatic N) is 3. The number of methoxy groups -OCH3 is 1. The highest BCUT2D eigenvalue weighted by molar-refractivity contribution is 6.31. The van der Waals surface area contributed by atoms with Gasteiger partial charge >= 0.3 is 0 Å². The van der Waals surface area contributed by atoms with Gasteiger partial charge in [-0.1, -0.05) is 35.3 Å². The van der Waals surface area contributed by atoms with Gasteiger partial charge in [0.1, 0.15) is 5.75 Å². The van der Waals surface area contributed by atoms with E-state index in [2.05, 4.69) is 15.4 Å². The lowest BCUT2D eigenvalue weighted by Crippen LogP contribution is -2.14. The van der Waals surface area contributed by atoms with E-state index in [0.29, 0.717) is 27.3 Å². The quantitative estimate of drug-likeness (QED) is 0.446. The van der Waals surface area contributed by atoms with Gasteiger partial charge in [-0.2, -0.15) is 0 Å². The van der Waals surface area contributed by atoms with Crippen LogP contribution in [0, 0.1) is 0 Å². The summed E-state index contributed by atoms with van der Waals surface area (Å²) in [7, 11) is 1.60. The van der Waals surface area contributed by atoms with E-state index in [4.69, 9.17) is 27.9 Å². The van der Waals surface area contributed by atoms with Crippen molar-refractivity contribution in [2.45, 2.75) is 0 Å². The Morgan fingerprint density at radius 3 is 2.37 bits per heavy atom. The summed E-state index contributed by atoms with van der Waals surface area (Å²) in [5.74, 6) is 0.788. The van der Waals surface area contributed by atoms with Crippen LogP contribution in [0.1, 0.15) is 10.6 Å². The lowest BCUT2D eigenvalue weighted by molar-refractivity contribution is 0.101. The van der Waals surface area contributed by atoms with E-state index >= 15 is 0 Å². The molecule has 0 aliphatic rings. The molecule has 0 fully saturated rings. The fourth-order valence-corrected chi connectivity index (χ4v) is 3.16. The molecule has 0 bridgehead atoms. The van der Waals surface area contributed by atoms with Gasteiger partial charge in [0, 0.05) is 21.3 Å². The Hall–Kier alpha value is -3.35. The standard InChI is InChI=1S/C22H16Cl2N4O2/c1-30-19-11-9-18(10-12-19)28-21(14-3-2-4-16(24)13-14)26-20(27-28)22(29)25-17-7-5-15(23)6-8-17/h2-13H,1H3,(H,25,29). The Morgan fingerprint density at radius 1 is 0.967 bits per heavy atom. The van der Waals surface area contributed by atoms with Gasteiger partial charge < -0.3 is 10.1 Å². The molecule has 0 spiro atoms. The average molecular weight is 439 g/mol. The van der Waals surface area contributed by atoms with Crippen molar-refractivity contribution >= 4 is 34.8 Å². The SMILES string of the molecule is COc1ccc(-n2nc(C(=O)Nc3ccc(Cl)cc3)nc2-c2cccc(Cl)c2)cc1. The highest BCUT2D eigenvalue weighted by Gasteiger charge is 2.19. The largest absolute Gasteiger partial charge is 0.497 e.